The summed E-state index contributed by atoms with van der Waals surface area (Å²) in [6.45, 7) is 2.00. The Balaban J connectivity index is 1.67. The van der Waals surface area contributed by atoms with E-state index in [9.17, 15) is 9.90 Å². The van der Waals surface area contributed by atoms with Crippen LogP contribution in [0.2, 0.25) is 0 Å². The second-order valence-electron chi connectivity index (χ2n) is 5.52. The van der Waals surface area contributed by atoms with Gasteiger partial charge in [0.15, 0.2) is 11.5 Å². The van der Waals surface area contributed by atoms with Gasteiger partial charge in [-0.1, -0.05) is 24.3 Å². The highest BCUT2D eigenvalue weighted by atomic mass is 32.1. The van der Waals surface area contributed by atoms with E-state index in [0.717, 1.165) is 28.4 Å². The van der Waals surface area contributed by atoms with Crippen molar-refractivity contribution in [2.24, 2.45) is 5.10 Å². The van der Waals surface area contributed by atoms with E-state index < -0.39 is 0 Å². The molecule has 132 valence electrons. The lowest BCUT2D eigenvalue weighted by atomic mass is 10.1. The lowest BCUT2D eigenvalue weighted by molar-refractivity contribution is 0.0959. The summed E-state index contributed by atoms with van der Waals surface area (Å²) in [5.74, 6) is 0.0454. The van der Waals surface area contributed by atoms with Crippen LogP contribution in [-0.2, 0) is 0 Å². The zero-order valence-electron chi connectivity index (χ0n) is 14.3. The molecule has 0 fully saturated rings. The molecule has 0 radical (unpaired) electrons. The van der Waals surface area contributed by atoms with E-state index in [4.69, 9.17) is 4.74 Å². The smallest absolute Gasteiger partial charge is 0.283 e. The van der Waals surface area contributed by atoms with E-state index in [1.807, 2.05) is 31.2 Å². The van der Waals surface area contributed by atoms with Crippen LogP contribution in [0.4, 0.5) is 0 Å². The van der Waals surface area contributed by atoms with Crippen LogP contribution in [0.3, 0.4) is 0 Å². The minimum Gasteiger partial charge on any atom is -0.504 e. The van der Waals surface area contributed by atoms with Crippen LogP contribution in [0.15, 0.2) is 53.6 Å². The molecule has 1 aromatic heterocycles. The van der Waals surface area contributed by atoms with Gasteiger partial charge in [0.1, 0.15) is 4.88 Å². The zero-order chi connectivity index (χ0) is 18.5. The Bertz CT molecular complexity index is 966. The van der Waals surface area contributed by atoms with Crippen molar-refractivity contribution in [3.8, 4) is 22.8 Å². The van der Waals surface area contributed by atoms with Crippen LogP contribution in [0.25, 0.3) is 11.3 Å². The van der Waals surface area contributed by atoms with E-state index in [-0.39, 0.29) is 11.7 Å². The van der Waals surface area contributed by atoms with Crippen molar-refractivity contribution < 1.29 is 14.6 Å². The molecule has 0 unspecified atom stereocenters. The van der Waals surface area contributed by atoms with Gasteiger partial charge in [-0.3, -0.25) is 4.79 Å². The van der Waals surface area contributed by atoms with Gasteiger partial charge < -0.3 is 9.84 Å². The highest BCUT2D eigenvalue weighted by Gasteiger charge is 2.12. The molecule has 0 spiro atoms. The lowest BCUT2D eigenvalue weighted by Gasteiger charge is -2.03. The van der Waals surface area contributed by atoms with E-state index in [1.54, 1.807) is 18.2 Å². The van der Waals surface area contributed by atoms with E-state index >= 15 is 0 Å². The largest absolute Gasteiger partial charge is 0.504 e. The molecule has 7 heteroatoms. The number of phenolic OH excluding ortho intramolecular Hbond substituents is 1. The Labute approximate surface area is 154 Å². The van der Waals surface area contributed by atoms with Gasteiger partial charge in [0.25, 0.3) is 5.91 Å². The molecule has 1 heterocycles. The molecule has 26 heavy (non-hydrogen) atoms. The van der Waals surface area contributed by atoms with Gasteiger partial charge in [0, 0.05) is 5.56 Å². The number of ether oxygens (including phenoxy) is 1. The van der Waals surface area contributed by atoms with Gasteiger partial charge in [-0.2, -0.15) is 9.47 Å². The summed E-state index contributed by atoms with van der Waals surface area (Å²) in [7, 11) is 1.48. The van der Waals surface area contributed by atoms with Crippen molar-refractivity contribution in [3.63, 3.8) is 0 Å². The fourth-order valence-corrected chi connectivity index (χ4v) is 3.02. The number of aromatic hydroxyl groups is 1. The summed E-state index contributed by atoms with van der Waals surface area (Å²) < 4.78 is 9.33. The maximum Gasteiger partial charge on any atom is 0.283 e. The topological polar surface area (TPSA) is 83.8 Å². The van der Waals surface area contributed by atoms with Crippen LogP contribution in [0.5, 0.6) is 11.5 Å². The number of hydrogen-bond acceptors (Lipinski definition) is 6. The van der Waals surface area contributed by atoms with Crippen LogP contribution in [-0.4, -0.2) is 28.7 Å². The van der Waals surface area contributed by atoms with E-state index in [2.05, 4.69) is 14.9 Å². The molecule has 0 saturated carbocycles. The van der Waals surface area contributed by atoms with Gasteiger partial charge >= 0.3 is 0 Å². The molecule has 2 aromatic carbocycles. The lowest BCUT2D eigenvalue weighted by Crippen LogP contribution is -2.16. The summed E-state index contributed by atoms with van der Waals surface area (Å²) in [4.78, 5) is 12.7. The SMILES string of the molecule is COc1ccc(/C=N/NC(=O)c2cc(-c3ccccc3C)ns2)cc1O. The molecule has 0 aliphatic heterocycles. The third kappa shape index (κ3) is 3.89. The third-order valence-corrected chi connectivity index (χ3v) is 4.53. The number of rotatable bonds is 5. The molecule has 6 nitrogen and oxygen atoms in total. The number of carbonyl (C=O) groups excluding carboxylic acids is 1. The Hall–Kier alpha value is -3.19. The van der Waals surface area contributed by atoms with Crippen LogP contribution < -0.4 is 10.2 Å². The number of phenols is 1. The van der Waals surface area contributed by atoms with Crippen LogP contribution in [0, 0.1) is 6.92 Å². The average Bonchev–Trinajstić information content (AvgIpc) is 3.12. The molecule has 0 bridgehead atoms. The highest BCUT2D eigenvalue weighted by molar-refractivity contribution is 7.08. The maximum absolute atomic E-state index is 12.2. The number of hydrogen-bond donors (Lipinski definition) is 2. The number of aryl methyl sites for hydroxylation is 1. The number of amides is 1. The van der Waals surface area contributed by atoms with Crippen molar-refractivity contribution >= 4 is 23.7 Å². The van der Waals surface area contributed by atoms with Crippen molar-refractivity contribution in [1.82, 2.24) is 9.80 Å². The summed E-state index contributed by atoms with van der Waals surface area (Å²) >= 11 is 1.12. The highest BCUT2D eigenvalue weighted by Crippen LogP contribution is 2.26. The number of carbonyl (C=O) groups is 1. The zero-order valence-corrected chi connectivity index (χ0v) is 15.1. The monoisotopic (exact) mass is 367 g/mol. The summed E-state index contributed by atoms with van der Waals surface area (Å²) in [5.41, 5.74) is 5.96. The summed E-state index contributed by atoms with van der Waals surface area (Å²) in [5, 5.41) is 13.6. The molecule has 0 atom stereocenters. The fourth-order valence-electron chi connectivity index (χ4n) is 2.38. The van der Waals surface area contributed by atoms with Crippen molar-refractivity contribution in [2.45, 2.75) is 6.92 Å². The Morgan fingerprint density at radius 2 is 2.08 bits per heavy atom. The summed E-state index contributed by atoms with van der Waals surface area (Å²) in [6, 6.07) is 14.5. The number of nitrogens with one attached hydrogen (secondary N) is 1. The molecular weight excluding hydrogens is 350 g/mol. The van der Waals surface area contributed by atoms with Crippen LogP contribution in [0.1, 0.15) is 20.8 Å². The second-order valence-corrected chi connectivity index (χ2v) is 6.33. The molecule has 1 amide bonds. The van der Waals surface area contributed by atoms with E-state index in [0.29, 0.717) is 16.2 Å². The molecular formula is C19H17N3O3S. The Morgan fingerprint density at radius 3 is 2.81 bits per heavy atom. The number of aromatic nitrogens is 1. The number of methoxy groups -OCH3 is 1. The van der Waals surface area contributed by atoms with Crippen molar-refractivity contribution in [2.75, 3.05) is 7.11 Å². The average molecular weight is 367 g/mol. The summed E-state index contributed by atoms with van der Waals surface area (Å²) in [6.07, 6.45) is 1.44. The van der Waals surface area contributed by atoms with Gasteiger partial charge in [0.05, 0.1) is 19.0 Å². The van der Waals surface area contributed by atoms with Gasteiger partial charge in [-0.25, -0.2) is 5.43 Å². The van der Waals surface area contributed by atoms with Crippen molar-refractivity contribution in [1.29, 1.82) is 0 Å². The first-order valence-electron chi connectivity index (χ1n) is 7.81. The van der Waals surface area contributed by atoms with Gasteiger partial charge in [-0.05, 0) is 53.8 Å². The molecule has 0 aliphatic rings. The van der Waals surface area contributed by atoms with Gasteiger partial charge in [-0.15, -0.1) is 0 Å². The molecule has 2 N–H and O–H groups in total. The molecule has 3 rings (SSSR count). The van der Waals surface area contributed by atoms with Crippen LogP contribution >= 0.6 is 11.5 Å². The first kappa shape index (κ1) is 17.6. The quantitative estimate of drug-likeness (QED) is 0.533. The molecule has 3 aromatic rings. The van der Waals surface area contributed by atoms with Crippen molar-refractivity contribution in [3.05, 3.63) is 64.5 Å². The standard InChI is InChI=1S/C19H17N3O3S/c1-12-5-3-4-6-14(12)15-10-18(26-22-15)19(24)21-20-11-13-7-8-17(25-2)16(23)9-13/h3-11,23H,1-2H3,(H,21,24)/b20-11+. The fraction of sp³-hybridized carbons (Fsp3) is 0.105. The predicted molar refractivity (Wildman–Crippen MR) is 102 cm³/mol. The number of benzene rings is 2. The molecule has 0 aliphatic carbocycles. The maximum atomic E-state index is 12.2. The second kappa shape index (κ2) is 7.79. The third-order valence-electron chi connectivity index (χ3n) is 3.74. The minimum atomic E-state index is -0.337. The van der Waals surface area contributed by atoms with E-state index in [1.165, 1.54) is 19.4 Å². The first-order chi connectivity index (χ1) is 12.6. The normalized spacial score (nSPS) is 10.8. The minimum absolute atomic E-state index is 0.00751. The molecule has 0 saturated heterocycles. The number of hydrazone groups is 1. The predicted octanol–water partition coefficient (Wildman–Crippen LogP) is 3.60. The Kier molecular flexibility index (Phi) is 5.28. The van der Waals surface area contributed by atoms with Gasteiger partial charge in [0.2, 0.25) is 0 Å². The number of nitrogens with zero attached hydrogens (tertiary/aromatic N) is 2. The Morgan fingerprint density at radius 1 is 1.27 bits per heavy atom. The first-order valence-corrected chi connectivity index (χ1v) is 8.59.